The molecule has 0 bridgehead atoms. The molecule has 23 heavy (non-hydrogen) atoms. The van der Waals surface area contributed by atoms with Gasteiger partial charge in [-0.25, -0.2) is 4.68 Å². The third-order valence-electron chi connectivity index (χ3n) is 3.34. The molecule has 3 aromatic rings. The second kappa shape index (κ2) is 6.13. The first-order valence-electron chi connectivity index (χ1n) is 6.66. The second-order valence-electron chi connectivity index (χ2n) is 4.69. The lowest BCUT2D eigenvalue weighted by atomic mass is 10.1. The zero-order valence-electron chi connectivity index (χ0n) is 11.7. The van der Waals surface area contributed by atoms with Gasteiger partial charge in [0.1, 0.15) is 10.3 Å². The Morgan fingerprint density at radius 2 is 1.74 bits per heavy atom. The summed E-state index contributed by atoms with van der Waals surface area (Å²) in [5.74, 6) is 0. The van der Waals surface area contributed by atoms with Gasteiger partial charge in [-0.15, -0.1) is 0 Å². The summed E-state index contributed by atoms with van der Waals surface area (Å²) in [6.07, 6.45) is 0.641. The molecule has 0 spiro atoms. The van der Waals surface area contributed by atoms with E-state index in [1.54, 1.807) is 18.2 Å². The third-order valence-corrected chi connectivity index (χ3v) is 4.10. The van der Waals surface area contributed by atoms with Crippen LogP contribution in [-0.2, 0) is 0 Å². The second-order valence-corrected chi connectivity index (χ2v) is 5.44. The van der Waals surface area contributed by atoms with E-state index in [1.165, 1.54) is 10.7 Å². The largest absolute Gasteiger partial charge is 0.298 e. The van der Waals surface area contributed by atoms with E-state index in [9.17, 15) is 14.9 Å². The number of halogens is 1. The van der Waals surface area contributed by atoms with E-state index in [0.29, 0.717) is 16.5 Å². The predicted octanol–water partition coefficient (Wildman–Crippen LogP) is 4.02. The van der Waals surface area contributed by atoms with Gasteiger partial charge >= 0.3 is 0 Å². The van der Waals surface area contributed by atoms with Gasteiger partial charge < -0.3 is 0 Å². The molecule has 0 fully saturated rings. The molecule has 0 saturated carbocycles. The maximum Gasteiger partial charge on any atom is 0.278 e. The van der Waals surface area contributed by atoms with Crippen molar-refractivity contribution in [3.63, 3.8) is 0 Å². The summed E-state index contributed by atoms with van der Waals surface area (Å²) >= 11 is 3.36. The molecule has 7 heteroatoms. The van der Waals surface area contributed by atoms with E-state index in [4.69, 9.17) is 0 Å². The van der Waals surface area contributed by atoms with Crippen LogP contribution in [0.25, 0.3) is 16.9 Å². The van der Waals surface area contributed by atoms with E-state index in [-0.39, 0.29) is 16.9 Å². The van der Waals surface area contributed by atoms with Gasteiger partial charge in [0.2, 0.25) is 0 Å². The molecule has 1 aromatic heterocycles. The van der Waals surface area contributed by atoms with Gasteiger partial charge in [-0.3, -0.25) is 14.9 Å². The summed E-state index contributed by atoms with van der Waals surface area (Å²) < 4.78 is 1.99. The number of nitro benzene ring substituents is 1. The molecule has 3 rings (SSSR count). The number of carbonyl (C=O) groups excluding carboxylic acids is 1. The van der Waals surface area contributed by atoms with Crippen molar-refractivity contribution in [2.75, 3.05) is 0 Å². The van der Waals surface area contributed by atoms with Crippen LogP contribution in [0.2, 0.25) is 0 Å². The average Bonchev–Trinajstić information content (AvgIpc) is 2.92. The van der Waals surface area contributed by atoms with Crippen molar-refractivity contribution < 1.29 is 9.72 Å². The molecule has 0 unspecified atom stereocenters. The number of nitrogens with zero attached hydrogens (tertiary/aromatic N) is 3. The summed E-state index contributed by atoms with van der Waals surface area (Å²) in [4.78, 5) is 22.2. The summed E-state index contributed by atoms with van der Waals surface area (Å²) in [5, 5.41) is 15.6. The Labute approximate surface area is 139 Å². The van der Waals surface area contributed by atoms with Crippen LogP contribution in [0, 0.1) is 10.1 Å². The summed E-state index contributed by atoms with van der Waals surface area (Å²) in [5.41, 5.74) is 1.48. The molecule has 0 aliphatic carbocycles. The number of hydrogen-bond acceptors (Lipinski definition) is 4. The minimum Gasteiger partial charge on any atom is -0.298 e. The first-order valence-corrected chi connectivity index (χ1v) is 7.45. The number of carbonyl (C=O) groups is 1. The number of nitro groups is 1. The summed E-state index contributed by atoms with van der Waals surface area (Å²) in [6, 6.07) is 15.4. The summed E-state index contributed by atoms with van der Waals surface area (Å²) in [6.45, 7) is 0. The molecule has 0 aliphatic heterocycles. The van der Waals surface area contributed by atoms with Gasteiger partial charge in [0.05, 0.1) is 21.7 Å². The molecular weight excluding hydrogens is 362 g/mol. The fourth-order valence-corrected chi connectivity index (χ4v) is 2.85. The van der Waals surface area contributed by atoms with Crippen LogP contribution in [0.4, 0.5) is 5.69 Å². The van der Waals surface area contributed by atoms with Crippen LogP contribution in [0.5, 0.6) is 0 Å². The molecule has 0 radical (unpaired) electrons. The molecule has 0 N–H and O–H groups in total. The topological polar surface area (TPSA) is 78.0 Å². The van der Waals surface area contributed by atoms with Crippen molar-refractivity contribution in [1.29, 1.82) is 0 Å². The quantitative estimate of drug-likeness (QED) is 0.394. The minimum atomic E-state index is -0.487. The predicted molar refractivity (Wildman–Crippen MR) is 88.7 cm³/mol. The first-order chi connectivity index (χ1) is 11.1. The lowest BCUT2D eigenvalue weighted by molar-refractivity contribution is -0.384. The average molecular weight is 372 g/mol. The lowest BCUT2D eigenvalue weighted by Crippen LogP contribution is -1.97. The van der Waals surface area contributed by atoms with Gasteiger partial charge in [-0.05, 0) is 34.1 Å². The third kappa shape index (κ3) is 2.66. The van der Waals surface area contributed by atoms with Gasteiger partial charge in [0, 0.05) is 6.07 Å². The Morgan fingerprint density at radius 1 is 1.09 bits per heavy atom. The molecule has 6 nitrogen and oxygen atoms in total. The number of benzene rings is 2. The van der Waals surface area contributed by atoms with E-state index in [0.717, 1.165) is 5.69 Å². The Balaban J connectivity index is 2.26. The maximum atomic E-state index is 11.5. The number of aldehydes is 1. The molecule has 0 aliphatic rings. The van der Waals surface area contributed by atoms with Crippen molar-refractivity contribution in [2.24, 2.45) is 0 Å². The minimum absolute atomic E-state index is 0.0965. The molecule has 1 heterocycles. The molecule has 2 aromatic carbocycles. The van der Waals surface area contributed by atoms with Crippen molar-refractivity contribution in [1.82, 2.24) is 9.78 Å². The number of rotatable bonds is 4. The van der Waals surface area contributed by atoms with Crippen molar-refractivity contribution in [3.8, 4) is 16.9 Å². The van der Waals surface area contributed by atoms with Crippen LogP contribution in [-0.4, -0.2) is 21.0 Å². The lowest BCUT2D eigenvalue weighted by Gasteiger charge is -2.02. The fraction of sp³-hybridized carbons (Fsp3) is 0. The Hall–Kier alpha value is -2.80. The van der Waals surface area contributed by atoms with Crippen molar-refractivity contribution in [2.45, 2.75) is 0 Å². The monoisotopic (exact) mass is 371 g/mol. The standard InChI is InChI=1S/C16H10BrN3O3/c17-16-13(10-21)15(12-8-4-5-9-14(12)20(22)23)18-19(16)11-6-2-1-3-7-11/h1-10H. The smallest absolute Gasteiger partial charge is 0.278 e. The molecule has 0 amide bonds. The van der Waals surface area contributed by atoms with Crippen LogP contribution in [0.1, 0.15) is 10.4 Å². The van der Waals surface area contributed by atoms with E-state index in [2.05, 4.69) is 21.0 Å². The van der Waals surface area contributed by atoms with Gasteiger partial charge in [0.25, 0.3) is 5.69 Å². The Bertz CT molecular complexity index is 891. The van der Waals surface area contributed by atoms with Crippen LogP contribution < -0.4 is 0 Å². The number of para-hydroxylation sites is 2. The van der Waals surface area contributed by atoms with Crippen molar-refractivity contribution in [3.05, 3.63) is 74.9 Å². The van der Waals surface area contributed by atoms with E-state index < -0.39 is 4.92 Å². The Morgan fingerprint density at radius 3 is 2.39 bits per heavy atom. The highest BCUT2D eigenvalue weighted by Gasteiger charge is 2.23. The van der Waals surface area contributed by atoms with Crippen LogP contribution in [0.15, 0.2) is 59.2 Å². The zero-order valence-corrected chi connectivity index (χ0v) is 13.3. The van der Waals surface area contributed by atoms with E-state index in [1.807, 2.05) is 30.3 Å². The summed E-state index contributed by atoms with van der Waals surface area (Å²) in [7, 11) is 0. The van der Waals surface area contributed by atoms with E-state index >= 15 is 0 Å². The molecule has 114 valence electrons. The highest BCUT2D eigenvalue weighted by atomic mass is 79.9. The van der Waals surface area contributed by atoms with Crippen LogP contribution in [0.3, 0.4) is 0 Å². The number of aromatic nitrogens is 2. The van der Waals surface area contributed by atoms with Crippen molar-refractivity contribution >= 4 is 27.9 Å². The molecule has 0 atom stereocenters. The highest BCUT2D eigenvalue weighted by molar-refractivity contribution is 9.10. The Kier molecular flexibility index (Phi) is 4.03. The maximum absolute atomic E-state index is 11.5. The molecular formula is C16H10BrN3O3. The fourth-order valence-electron chi connectivity index (χ4n) is 2.29. The SMILES string of the molecule is O=Cc1c(-c2ccccc2[N+](=O)[O-])nn(-c2ccccc2)c1Br. The first kappa shape index (κ1) is 15.1. The van der Waals surface area contributed by atoms with Gasteiger partial charge in [0.15, 0.2) is 6.29 Å². The van der Waals surface area contributed by atoms with Crippen LogP contribution >= 0.6 is 15.9 Å². The van der Waals surface area contributed by atoms with Gasteiger partial charge in [-0.2, -0.15) is 5.10 Å². The van der Waals surface area contributed by atoms with Gasteiger partial charge in [-0.1, -0.05) is 30.3 Å². The highest BCUT2D eigenvalue weighted by Crippen LogP contribution is 2.34. The number of hydrogen-bond donors (Lipinski definition) is 0. The zero-order chi connectivity index (χ0) is 16.4. The molecule has 0 saturated heterocycles. The normalized spacial score (nSPS) is 10.5.